The number of halogens is 1. The van der Waals surface area contributed by atoms with E-state index in [1.807, 2.05) is 11.3 Å². The number of unbranched alkanes of at least 4 members (excludes halogenated alkanes) is 6. The van der Waals surface area contributed by atoms with Crippen molar-refractivity contribution in [1.29, 1.82) is 0 Å². The highest BCUT2D eigenvalue weighted by atomic mass is 79.9. The van der Waals surface area contributed by atoms with E-state index in [0.29, 0.717) is 0 Å². The Labute approximate surface area is 125 Å². The van der Waals surface area contributed by atoms with Crippen molar-refractivity contribution in [1.82, 2.24) is 0 Å². The zero-order valence-electron chi connectivity index (χ0n) is 11.9. The maximum atomic E-state index is 3.72. The zero-order valence-corrected chi connectivity index (χ0v) is 14.3. The lowest BCUT2D eigenvalue weighted by Crippen LogP contribution is -1.91. The molecule has 0 aliphatic carbocycles. The lowest BCUT2D eigenvalue weighted by Gasteiger charge is -2.05. The molecule has 0 bridgehead atoms. The number of hydrogen-bond acceptors (Lipinski definition) is 1. The summed E-state index contributed by atoms with van der Waals surface area (Å²) in [6, 6.07) is 0. The molecule has 0 atom stereocenters. The van der Waals surface area contributed by atoms with E-state index in [1.54, 1.807) is 10.4 Å². The van der Waals surface area contributed by atoms with Gasteiger partial charge in [0.2, 0.25) is 0 Å². The topological polar surface area (TPSA) is 0 Å². The molecule has 0 spiro atoms. The van der Waals surface area contributed by atoms with Gasteiger partial charge in [-0.1, -0.05) is 52.4 Å². The van der Waals surface area contributed by atoms with Crippen molar-refractivity contribution in [2.24, 2.45) is 0 Å². The molecule has 1 rings (SSSR count). The van der Waals surface area contributed by atoms with Crippen LogP contribution in [-0.2, 0) is 12.8 Å². The Kier molecular flexibility index (Phi) is 9.04. The zero-order chi connectivity index (χ0) is 13.2. The Morgan fingerprint density at radius 2 is 1.50 bits per heavy atom. The highest BCUT2D eigenvalue weighted by Gasteiger charge is 2.09. The molecule has 0 N–H and O–H groups in total. The highest BCUT2D eigenvalue weighted by molar-refractivity contribution is 9.10. The van der Waals surface area contributed by atoms with Crippen molar-refractivity contribution in [3.8, 4) is 0 Å². The lowest BCUT2D eigenvalue weighted by molar-refractivity contribution is 0.654. The maximum Gasteiger partial charge on any atom is 0.0317 e. The number of hydrogen-bond donors (Lipinski definition) is 0. The van der Waals surface area contributed by atoms with Crippen molar-refractivity contribution >= 4 is 27.3 Å². The second-order valence-corrected chi connectivity index (χ2v) is 6.93. The summed E-state index contributed by atoms with van der Waals surface area (Å²) in [5.41, 5.74) is 1.60. The van der Waals surface area contributed by atoms with Crippen LogP contribution in [0.15, 0.2) is 9.85 Å². The fraction of sp³-hybridized carbons (Fsp3) is 0.750. The Morgan fingerprint density at radius 1 is 0.889 bits per heavy atom. The molecule has 2 heteroatoms. The third kappa shape index (κ3) is 5.88. The molecule has 0 unspecified atom stereocenters. The quantitative estimate of drug-likeness (QED) is 0.416. The minimum absolute atomic E-state index is 1.27. The summed E-state index contributed by atoms with van der Waals surface area (Å²) in [6.07, 6.45) is 13.5. The molecule has 0 radical (unpaired) electrons. The van der Waals surface area contributed by atoms with E-state index in [1.165, 1.54) is 68.7 Å². The summed E-state index contributed by atoms with van der Waals surface area (Å²) in [5.74, 6) is 0. The fourth-order valence-electron chi connectivity index (χ4n) is 2.31. The van der Waals surface area contributed by atoms with Crippen LogP contribution in [-0.4, -0.2) is 0 Å². The Hall–Kier alpha value is 0.180. The normalized spacial score (nSPS) is 11.1. The average Bonchev–Trinajstić information content (AvgIpc) is 2.72. The van der Waals surface area contributed by atoms with Crippen LogP contribution in [0.2, 0.25) is 0 Å². The molecule has 0 aliphatic heterocycles. The minimum Gasteiger partial charge on any atom is -0.147 e. The monoisotopic (exact) mass is 330 g/mol. The van der Waals surface area contributed by atoms with Crippen molar-refractivity contribution in [2.75, 3.05) is 0 Å². The largest absolute Gasteiger partial charge is 0.147 e. The first kappa shape index (κ1) is 16.2. The van der Waals surface area contributed by atoms with Crippen LogP contribution in [0, 0.1) is 0 Å². The average molecular weight is 331 g/mol. The smallest absolute Gasteiger partial charge is 0.0317 e. The number of thiophene rings is 1. The van der Waals surface area contributed by atoms with Gasteiger partial charge >= 0.3 is 0 Å². The van der Waals surface area contributed by atoms with Crippen LogP contribution in [0.5, 0.6) is 0 Å². The van der Waals surface area contributed by atoms with E-state index in [0.717, 1.165) is 0 Å². The Bertz CT molecular complexity index is 317. The molecule has 0 saturated heterocycles. The van der Waals surface area contributed by atoms with Crippen molar-refractivity contribution < 1.29 is 0 Å². The van der Waals surface area contributed by atoms with Crippen molar-refractivity contribution in [2.45, 2.75) is 78.1 Å². The molecule has 0 fully saturated rings. The van der Waals surface area contributed by atoms with E-state index in [9.17, 15) is 0 Å². The first-order valence-corrected chi connectivity index (χ1v) is 9.21. The van der Waals surface area contributed by atoms with Gasteiger partial charge in [0.25, 0.3) is 0 Å². The molecule has 18 heavy (non-hydrogen) atoms. The number of rotatable bonds is 10. The van der Waals surface area contributed by atoms with Crippen molar-refractivity contribution in [3.63, 3.8) is 0 Å². The molecule has 1 heterocycles. The van der Waals surface area contributed by atoms with Gasteiger partial charge in [-0.3, -0.25) is 0 Å². The van der Waals surface area contributed by atoms with Crippen LogP contribution < -0.4 is 0 Å². The third-order valence-corrected chi connectivity index (χ3v) is 5.57. The SMILES string of the molecule is CCCCCCc1scc(Br)c1CCCCCC. The fourth-order valence-corrected chi connectivity index (χ4v) is 4.16. The number of aryl methyl sites for hydroxylation is 1. The predicted octanol–water partition coefficient (Wildman–Crippen LogP) is 6.76. The standard InChI is InChI=1S/C16H27BrS/c1-3-5-7-9-11-14-15(17)13-18-16(14)12-10-8-6-4-2/h13H,3-12H2,1-2H3. The summed E-state index contributed by atoms with van der Waals surface area (Å²) < 4.78 is 1.36. The van der Waals surface area contributed by atoms with Gasteiger partial charge in [-0.15, -0.1) is 11.3 Å². The van der Waals surface area contributed by atoms with Crippen LogP contribution in [0.25, 0.3) is 0 Å². The highest BCUT2D eigenvalue weighted by Crippen LogP contribution is 2.30. The molecular weight excluding hydrogens is 304 g/mol. The van der Waals surface area contributed by atoms with Gasteiger partial charge in [0, 0.05) is 14.7 Å². The van der Waals surface area contributed by atoms with Crippen LogP contribution >= 0.6 is 27.3 Å². The second-order valence-electron chi connectivity index (χ2n) is 5.11. The van der Waals surface area contributed by atoms with E-state index in [2.05, 4.69) is 35.2 Å². The second kappa shape index (κ2) is 10.0. The first-order valence-electron chi connectivity index (χ1n) is 7.54. The van der Waals surface area contributed by atoms with Crippen LogP contribution in [0.3, 0.4) is 0 Å². The molecule has 1 aromatic heterocycles. The van der Waals surface area contributed by atoms with Gasteiger partial charge in [-0.25, -0.2) is 0 Å². The summed E-state index contributed by atoms with van der Waals surface area (Å²) in [5, 5.41) is 2.28. The van der Waals surface area contributed by atoms with E-state index in [4.69, 9.17) is 0 Å². The molecule has 0 nitrogen and oxygen atoms in total. The summed E-state index contributed by atoms with van der Waals surface area (Å²) in [4.78, 5) is 1.63. The molecule has 1 aromatic rings. The van der Waals surface area contributed by atoms with E-state index in [-0.39, 0.29) is 0 Å². The van der Waals surface area contributed by atoms with E-state index >= 15 is 0 Å². The Balaban J connectivity index is 2.37. The van der Waals surface area contributed by atoms with Crippen LogP contribution in [0.4, 0.5) is 0 Å². The molecule has 0 amide bonds. The molecule has 0 saturated carbocycles. The third-order valence-electron chi connectivity index (χ3n) is 3.47. The van der Waals surface area contributed by atoms with Gasteiger partial charge in [-0.05, 0) is 47.2 Å². The summed E-state index contributed by atoms with van der Waals surface area (Å²) >= 11 is 5.67. The van der Waals surface area contributed by atoms with Gasteiger partial charge in [0.15, 0.2) is 0 Å². The minimum atomic E-state index is 1.27. The molecule has 0 aromatic carbocycles. The molecule has 104 valence electrons. The van der Waals surface area contributed by atoms with Gasteiger partial charge in [0.1, 0.15) is 0 Å². The van der Waals surface area contributed by atoms with Gasteiger partial charge < -0.3 is 0 Å². The first-order chi connectivity index (χ1) is 8.79. The van der Waals surface area contributed by atoms with E-state index < -0.39 is 0 Å². The van der Waals surface area contributed by atoms with Gasteiger partial charge in [-0.2, -0.15) is 0 Å². The predicted molar refractivity (Wildman–Crippen MR) is 87.7 cm³/mol. The van der Waals surface area contributed by atoms with Crippen LogP contribution in [0.1, 0.15) is 75.7 Å². The summed E-state index contributed by atoms with van der Waals surface area (Å²) in [7, 11) is 0. The van der Waals surface area contributed by atoms with Gasteiger partial charge in [0.05, 0.1) is 0 Å². The maximum absolute atomic E-state index is 3.72. The van der Waals surface area contributed by atoms with Crippen molar-refractivity contribution in [3.05, 3.63) is 20.3 Å². The summed E-state index contributed by atoms with van der Waals surface area (Å²) in [6.45, 7) is 4.56. The Morgan fingerprint density at radius 3 is 2.11 bits per heavy atom. The lowest BCUT2D eigenvalue weighted by atomic mass is 10.0. The molecular formula is C16H27BrS. The molecule has 0 aliphatic rings.